The highest BCUT2D eigenvalue weighted by Crippen LogP contribution is 2.33. The number of aromatic carboxylic acids is 1. The van der Waals surface area contributed by atoms with Crippen molar-refractivity contribution in [2.24, 2.45) is 0 Å². The Labute approximate surface area is 144 Å². The van der Waals surface area contributed by atoms with E-state index in [0.29, 0.717) is 10.6 Å². The van der Waals surface area contributed by atoms with Gasteiger partial charge in [-0.3, -0.25) is 4.79 Å². The molecule has 0 aliphatic heterocycles. The fourth-order valence-corrected chi connectivity index (χ4v) is 2.36. The normalized spacial score (nSPS) is 10.1. The van der Waals surface area contributed by atoms with E-state index in [4.69, 9.17) is 21.1 Å². The number of halogens is 1. The molecule has 0 aliphatic carbocycles. The van der Waals surface area contributed by atoms with Gasteiger partial charge in [-0.1, -0.05) is 29.8 Å². The lowest BCUT2D eigenvalue weighted by atomic mass is 10.1. The van der Waals surface area contributed by atoms with Gasteiger partial charge in [0.25, 0.3) is 0 Å². The Morgan fingerprint density at radius 2 is 1.75 bits per heavy atom. The molecule has 0 atom stereocenters. The maximum absolute atomic E-state index is 12.2. The molecule has 2 rings (SSSR count). The number of rotatable bonds is 6. The first-order valence-electron chi connectivity index (χ1n) is 6.97. The van der Waals surface area contributed by atoms with Crippen molar-refractivity contribution in [3.05, 3.63) is 52.5 Å². The fraction of sp³-hybridized carbons (Fsp3) is 0.176. The summed E-state index contributed by atoms with van der Waals surface area (Å²) in [5.74, 6) is -1.35. The monoisotopic (exact) mass is 348 g/mol. The minimum absolute atomic E-state index is 0.000502. The van der Waals surface area contributed by atoms with Gasteiger partial charge in [-0.15, -0.1) is 0 Å². The second-order valence-corrected chi connectivity index (χ2v) is 5.26. The first-order chi connectivity index (χ1) is 11.5. The lowest BCUT2D eigenvalue weighted by molar-refractivity contribution is -0.254. The molecule has 0 saturated heterocycles. The Bertz CT molecular complexity index is 776. The van der Waals surface area contributed by atoms with Gasteiger partial charge >= 0.3 is 0 Å². The summed E-state index contributed by atoms with van der Waals surface area (Å²) in [7, 11) is 2.79. The number of benzene rings is 2. The van der Waals surface area contributed by atoms with Crippen LogP contribution in [0.25, 0.3) is 0 Å². The molecule has 1 N–H and O–H groups in total. The summed E-state index contributed by atoms with van der Waals surface area (Å²) in [5, 5.41) is 14.3. The highest BCUT2D eigenvalue weighted by Gasteiger charge is 2.15. The van der Waals surface area contributed by atoms with Crippen molar-refractivity contribution in [2.75, 3.05) is 19.5 Å². The number of carboxylic acid groups (broad SMARTS) is 1. The minimum atomic E-state index is -1.44. The molecular weight excluding hydrogens is 334 g/mol. The topological polar surface area (TPSA) is 87.7 Å². The van der Waals surface area contributed by atoms with Crippen molar-refractivity contribution in [1.29, 1.82) is 0 Å². The van der Waals surface area contributed by atoms with Crippen molar-refractivity contribution in [3.8, 4) is 11.5 Å². The van der Waals surface area contributed by atoms with Gasteiger partial charge in [-0.05, 0) is 17.7 Å². The van der Waals surface area contributed by atoms with Crippen LogP contribution in [0.4, 0.5) is 5.69 Å². The summed E-state index contributed by atoms with van der Waals surface area (Å²) in [6, 6.07) is 9.51. The molecule has 7 heteroatoms. The summed E-state index contributed by atoms with van der Waals surface area (Å²) >= 11 is 6.02. The predicted octanol–water partition coefficient (Wildman–Crippen LogP) is 1.90. The number of methoxy groups -OCH3 is 2. The molecule has 0 aliphatic rings. The maximum Gasteiger partial charge on any atom is 0.228 e. The molecule has 6 nitrogen and oxygen atoms in total. The van der Waals surface area contributed by atoms with Gasteiger partial charge in [-0.2, -0.15) is 0 Å². The van der Waals surface area contributed by atoms with Crippen molar-refractivity contribution < 1.29 is 24.2 Å². The fourth-order valence-electron chi connectivity index (χ4n) is 2.16. The highest BCUT2D eigenvalue weighted by atomic mass is 35.5. The SMILES string of the molecule is COc1cc(NC(=O)Cc2ccccc2Cl)c(C(=O)[O-])cc1OC. The molecule has 2 aromatic carbocycles. The Hall–Kier alpha value is -2.73. The van der Waals surface area contributed by atoms with Crippen LogP contribution in [-0.2, 0) is 11.2 Å². The second kappa shape index (κ2) is 7.70. The Morgan fingerprint density at radius 3 is 2.33 bits per heavy atom. The second-order valence-electron chi connectivity index (χ2n) is 4.86. The zero-order chi connectivity index (χ0) is 17.7. The first kappa shape index (κ1) is 17.6. The molecule has 1 amide bonds. The number of nitrogens with one attached hydrogen (secondary N) is 1. The number of ether oxygens (including phenoxy) is 2. The highest BCUT2D eigenvalue weighted by molar-refractivity contribution is 6.31. The first-order valence-corrected chi connectivity index (χ1v) is 7.34. The third-order valence-electron chi connectivity index (χ3n) is 3.33. The Balaban J connectivity index is 2.29. The molecule has 24 heavy (non-hydrogen) atoms. The number of carbonyl (C=O) groups is 2. The summed E-state index contributed by atoms with van der Waals surface area (Å²) in [4.78, 5) is 23.5. The van der Waals surface area contributed by atoms with Crippen LogP contribution in [0, 0.1) is 0 Å². The van der Waals surface area contributed by atoms with Crippen molar-refractivity contribution in [3.63, 3.8) is 0 Å². The largest absolute Gasteiger partial charge is 0.545 e. The molecule has 0 radical (unpaired) electrons. The predicted molar refractivity (Wildman–Crippen MR) is 87.7 cm³/mol. The van der Waals surface area contributed by atoms with Gasteiger partial charge in [0.15, 0.2) is 11.5 Å². The third-order valence-corrected chi connectivity index (χ3v) is 3.70. The van der Waals surface area contributed by atoms with Crippen LogP contribution >= 0.6 is 11.6 Å². The van der Waals surface area contributed by atoms with Crippen LogP contribution in [0.15, 0.2) is 36.4 Å². The number of carboxylic acids is 1. The van der Waals surface area contributed by atoms with Crippen LogP contribution in [0.3, 0.4) is 0 Å². The summed E-state index contributed by atoms with van der Waals surface area (Å²) < 4.78 is 10.2. The molecule has 0 heterocycles. The molecule has 2 aromatic rings. The van der Waals surface area contributed by atoms with Crippen molar-refractivity contribution in [1.82, 2.24) is 0 Å². The van der Waals surface area contributed by atoms with Gasteiger partial charge in [0.05, 0.1) is 32.3 Å². The summed E-state index contributed by atoms with van der Waals surface area (Å²) in [5.41, 5.74) is 0.483. The lowest BCUT2D eigenvalue weighted by Gasteiger charge is -2.16. The Morgan fingerprint density at radius 1 is 1.12 bits per heavy atom. The van der Waals surface area contributed by atoms with Crippen LogP contribution in [0.2, 0.25) is 5.02 Å². The molecule has 0 fully saturated rings. The van der Waals surface area contributed by atoms with E-state index < -0.39 is 11.9 Å². The van der Waals surface area contributed by atoms with Crippen LogP contribution in [0.1, 0.15) is 15.9 Å². The average Bonchev–Trinajstić information content (AvgIpc) is 2.56. The van der Waals surface area contributed by atoms with E-state index in [9.17, 15) is 14.7 Å². The van der Waals surface area contributed by atoms with Crippen molar-refractivity contribution >= 4 is 29.2 Å². The van der Waals surface area contributed by atoms with Crippen LogP contribution in [-0.4, -0.2) is 26.1 Å². The molecule has 0 spiro atoms. The average molecular weight is 349 g/mol. The number of amides is 1. The van der Waals surface area contributed by atoms with Gasteiger partial charge in [-0.25, -0.2) is 0 Å². The van der Waals surface area contributed by atoms with Gasteiger partial charge < -0.3 is 24.7 Å². The standard InChI is InChI=1S/C17H16ClNO5/c1-23-14-8-11(17(21)22)13(9-15(14)24-2)19-16(20)7-10-5-3-4-6-12(10)18/h3-6,8-9H,7H2,1-2H3,(H,19,20)(H,21,22)/p-1. The zero-order valence-corrected chi connectivity index (χ0v) is 13.8. The van der Waals surface area contributed by atoms with Crippen molar-refractivity contribution in [2.45, 2.75) is 6.42 Å². The van der Waals surface area contributed by atoms with Gasteiger partial charge in [0, 0.05) is 16.7 Å². The maximum atomic E-state index is 12.2. The van der Waals surface area contributed by atoms with E-state index in [2.05, 4.69) is 5.32 Å². The zero-order valence-electron chi connectivity index (χ0n) is 13.1. The van der Waals surface area contributed by atoms with E-state index >= 15 is 0 Å². The third kappa shape index (κ3) is 3.97. The Kier molecular flexibility index (Phi) is 5.65. The number of hydrogen-bond donors (Lipinski definition) is 1. The van der Waals surface area contributed by atoms with Crippen LogP contribution in [0.5, 0.6) is 11.5 Å². The van der Waals surface area contributed by atoms with Gasteiger partial charge in [0.1, 0.15) is 0 Å². The van der Waals surface area contributed by atoms with E-state index in [1.54, 1.807) is 24.3 Å². The number of anilines is 1. The summed E-state index contributed by atoms with van der Waals surface area (Å²) in [6.45, 7) is 0. The smallest absolute Gasteiger partial charge is 0.228 e. The van der Waals surface area contributed by atoms with E-state index in [-0.39, 0.29) is 29.2 Å². The molecule has 0 bridgehead atoms. The van der Waals surface area contributed by atoms with E-state index in [0.717, 1.165) is 0 Å². The minimum Gasteiger partial charge on any atom is -0.545 e. The quantitative estimate of drug-likeness (QED) is 0.861. The van der Waals surface area contributed by atoms with E-state index in [1.807, 2.05) is 0 Å². The molecule has 0 unspecified atom stereocenters. The van der Waals surface area contributed by atoms with Gasteiger partial charge in [0.2, 0.25) is 5.91 Å². The number of carbonyl (C=O) groups excluding carboxylic acids is 2. The molecule has 0 aromatic heterocycles. The molecule has 0 saturated carbocycles. The lowest BCUT2D eigenvalue weighted by Crippen LogP contribution is -2.25. The van der Waals surface area contributed by atoms with Crippen LogP contribution < -0.4 is 19.9 Å². The molecular formula is C17H15ClNO5-. The summed E-state index contributed by atoms with van der Waals surface area (Å²) in [6.07, 6.45) is 0.000502. The molecule has 126 valence electrons. The van der Waals surface area contributed by atoms with E-state index in [1.165, 1.54) is 26.4 Å². The number of hydrogen-bond acceptors (Lipinski definition) is 5.